The Labute approximate surface area is 193 Å². The number of benzene rings is 1. The molecule has 5 nitrogen and oxygen atoms in total. The van der Waals surface area contributed by atoms with Gasteiger partial charge in [-0.2, -0.15) is 0 Å². The molecule has 176 valence electrons. The number of hydrogen-bond acceptors (Lipinski definition) is 3. The molecule has 2 amide bonds. The highest BCUT2D eigenvalue weighted by Crippen LogP contribution is 2.32. The summed E-state index contributed by atoms with van der Waals surface area (Å²) >= 11 is 0. The van der Waals surface area contributed by atoms with E-state index in [-0.39, 0.29) is 17.9 Å². The van der Waals surface area contributed by atoms with Crippen LogP contribution in [0.5, 0.6) is 0 Å². The van der Waals surface area contributed by atoms with E-state index in [4.69, 9.17) is 4.98 Å². The Balaban J connectivity index is 1.50. The molecule has 4 rings (SSSR count). The number of hydrogen-bond donors (Lipinski definition) is 0. The van der Waals surface area contributed by atoms with Crippen molar-refractivity contribution in [1.29, 1.82) is 0 Å². The summed E-state index contributed by atoms with van der Waals surface area (Å²) in [7, 11) is 1.88. The predicted octanol–water partition coefficient (Wildman–Crippen LogP) is 5.09. The van der Waals surface area contributed by atoms with Gasteiger partial charge in [-0.05, 0) is 56.9 Å². The molecule has 2 fully saturated rings. The van der Waals surface area contributed by atoms with Crippen molar-refractivity contribution in [1.82, 2.24) is 14.8 Å². The van der Waals surface area contributed by atoms with E-state index in [0.717, 1.165) is 49.2 Å². The fourth-order valence-corrected chi connectivity index (χ4v) is 5.11. The van der Waals surface area contributed by atoms with Crippen LogP contribution < -0.4 is 0 Å². The molecular weight excluding hydrogens is 424 g/mol. The Hall–Kier alpha value is -2.83. The molecule has 0 unspecified atom stereocenters. The summed E-state index contributed by atoms with van der Waals surface area (Å²) in [6, 6.07) is 7.44. The minimum Gasteiger partial charge on any atom is -0.339 e. The molecule has 1 aromatic heterocycles. The first-order valence-corrected chi connectivity index (χ1v) is 11.8. The van der Waals surface area contributed by atoms with Gasteiger partial charge in [0.05, 0.1) is 11.3 Å². The third-order valence-corrected chi connectivity index (χ3v) is 7.08. The molecule has 33 heavy (non-hydrogen) atoms. The van der Waals surface area contributed by atoms with Crippen LogP contribution in [0.4, 0.5) is 8.78 Å². The molecule has 1 aliphatic carbocycles. The number of amides is 2. The molecule has 1 aromatic carbocycles. The number of halogens is 2. The van der Waals surface area contributed by atoms with E-state index in [1.54, 1.807) is 0 Å². The standard InChI is InChI=1S/C26H31F2N3O2/c1-17-11-12-20(25(32)30(2)19-7-4-3-5-8-19)24(29-17)18-13-15-31(16-14-18)26(33)23-21(27)9-6-10-22(23)28/h6,9-12,18-19H,3-5,7-8,13-16H2,1-2H3. The van der Waals surface area contributed by atoms with Gasteiger partial charge in [-0.1, -0.05) is 25.3 Å². The lowest BCUT2D eigenvalue weighted by atomic mass is 9.88. The Bertz CT molecular complexity index is 1010. The van der Waals surface area contributed by atoms with Crippen LogP contribution in [0.1, 0.15) is 83.0 Å². The molecule has 1 saturated carbocycles. The number of carbonyl (C=O) groups excluding carboxylic acids is 2. The van der Waals surface area contributed by atoms with Crippen molar-refractivity contribution in [3.8, 4) is 0 Å². The van der Waals surface area contributed by atoms with E-state index in [9.17, 15) is 18.4 Å². The summed E-state index contributed by atoms with van der Waals surface area (Å²) in [5.74, 6) is -2.31. The maximum atomic E-state index is 14.1. The Morgan fingerprint density at radius 1 is 0.970 bits per heavy atom. The van der Waals surface area contributed by atoms with Gasteiger partial charge in [0.1, 0.15) is 17.2 Å². The normalized spacial score (nSPS) is 17.8. The summed E-state index contributed by atoms with van der Waals surface area (Å²) in [6.45, 7) is 2.63. The second-order valence-corrected chi connectivity index (χ2v) is 9.26. The molecule has 0 N–H and O–H groups in total. The Kier molecular flexibility index (Phi) is 7.05. The van der Waals surface area contributed by atoms with E-state index in [1.165, 1.54) is 17.4 Å². The minimum absolute atomic E-state index is 0.00339. The van der Waals surface area contributed by atoms with Crippen LogP contribution in [-0.4, -0.2) is 52.8 Å². The number of pyridine rings is 1. The molecule has 1 aliphatic heterocycles. The molecule has 2 heterocycles. The van der Waals surface area contributed by atoms with E-state index >= 15 is 0 Å². The second kappa shape index (κ2) is 9.98. The number of carbonyl (C=O) groups is 2. The lowest BCUT2D eigenvalue weighted by Crippen LogP contribution is -2.40. The van der Waals surface area contributed by atoms with Gasteiger partial charge in [0.15, 0.2) is 0 Å². The third-order valence-electron chi connectivity index (χ3n) is 7.08. The maximum absolute atomic E-state index is 14.1. The first-order chi connectivity index (χ1) is 15.9. The molecule has 0 radical (unpaired) electrons. The van der Waals surface area contributed by atoms with Crippen LogP contribution in [-0.2, 0) is 0 Å². The van der Waals surface area contributed by atoms with Crippen LogP contribution in [0, 0.1) is 18.6 Å². The molecule has 0 atom stereocenters. The first kappa shape index (κ1) is 23.3. The van der Waals surface area contributed by atoms with Gasteiger partial charge in [-0.15, -0.1) is 0 Å². The fraction of sp³-hybridized carbons (Fsp3) is 0.500. The largest absolute Gasteiger partial charge is 0.339 e. The zero-order valence-electron chi connectivity index (χ0n) is 19.3. The number of aromatic nitrogens is 1. The van der Waals surface area contributed by atoms with Crippen LogP contribution in [0.2, 0.25) is 0 Å². The van der Waals surface area contributed by atoms with Gasteiger partial charge >= 0.3 is 0 Å². The van der Waals surface area contributed by atoms with Crippen LogP contribution in [0.25, 0.3) is 0 Å². The van der Waals surface area contributed by atoms with Gasteiger partial charge in [0.25, 0.3) is 11.8 Å². The molecule has 0 spiro atoms. The summed E-state index contributed by atoms with van der Waals surface area (Å²) in [6.07, 6.45) is 6.77. The quantitative estimate of drug-likeness (QED) is 0.645. The van der Waals surface area contributed by atoms with Gasteiger partial charge in [0.2, 0.25) is 0 Å². The predicted molar refractivity (Wildman–Crippen MR) is 122 cm³/mol. The van der Waals surface area contributed by atoms with Gasteiger partial charge in [-0.3, -0.25) is 14.6 Å². The van der Waals surface area contributed by atoms with Crippen LogP contribution in [0.15, 0.2) is 30.3 Å². The summed E-state index contributed by atoms with van der Waals surface area (Å²) in [4.78, 5) is 34.2. The zero-order chi connectivity index (χ0) is 23.5. The summed E-state index contributed by atoms with van der Waals surface area (Å²) in [5.41, 5.74) is 1.73. The maximum Gasteiger partial charge on any atom is 0.259 e. The highest BCUT2D eigenvalue weighted by atomic mass is 19.1. The first-order valence-electron chi connectivity index (χ1n) is 11.8. The topological polar surface area (TPSA) is 53.5 Å². The molecule has 7 heteroatoms. The van der Waals surface area contributed by atoms with Gasteiger partial charge in [-0.25, -0.2) is 8.78 Å². The van der Waals surface area contributed by atoms with Crippen LogP contribution >= 0.6 is 0 Å². The van der Waals surface area contributed by atoms with Crippen molar-refractivity contribution in [2.24, 2.45) is 0 Å². The van der Waals surface area contributed by atoms with Crippen molar-refractivity contribution in [2.45, 2.75) is 63.8 Å². The average molecular weight is 456 g/mol. The number of piperidine rings is 1. The Morgan fingerprint density at radius 2 is 1.61 bits per heavy atom. The van der Waals surface area contributed by atoms with Crippen molar-refractivity contribution < 1.29 is 18.4 Å². The lowest BCUT2D eigenvalue weighted by Gasteiger charge is -2.34. The molecule has 2 aliphatic rings. The lowest BCUT2D eigenvalue weighted by molar-refractivity contribution is 0.0676. The van der Waals surface area contributed by atoms with Crippen LogP contribution in [0.3, 0.4) is 0 Å². The van der Waals surface area contributed by atoms with Gasteiger partial charge in [0, 0.05) is 37.8 Å². The molecule has 1 saturated heterocycles. The number of likely N-dealkylation sites (tertiary alicyclic amines) is 1. The van der Waals surface area contributed by atoms with Crippen molar-refractivity contribution >= 4 is 11.8 Å². The smallest absolute Gasteiger partial charge is 0.259 e. The summed E-state index contributed by atoms with van der Waals surface area (Å²) in [5, 5.41) is 0. The van der Waals surface area contributed by atoms with E-state index < -0.39 is 23.1 Å². The number of rotatable bonds is 4. The van der Waals surface area contributed by atoms with Crippen molar-refractivity contribution in [3.63, 3.8) is 0 Å². The molecule has 0 bridgehead atoms. The monoisotopic (exact) mass is 455 g/mol. The van der Waals surface area contributed by atoms with Gasteiger partial charge < -0.3 is 9.80 Å². The number of aryl methyl sites for hydroxylation is 1. The molecular formula is C26H31F2N3O2. The highest BCUT2D eigenvalue weighted by molar-refractivity contribution is 5.96. The minimum atomic E-state index is -0.846. The number of nitrogens with zero attached hydrogens (tertiary/aromatic N) is 3. The van der Waals surface area contributed by atoms with Crippen molar-refractivity contribution in [2.75, 3.05) is 20.1 Å². The highest BCUT2D eigenvalue weighted by Gasteiger charge is 2.32. The molecule has 2 aromatic rings. The third kappa shape index (κ3) is 4.92. The summed E-state index contributed by atoms with van der Waals surface area (Å²) < 4.78 is 28.1. The Morgan fingerprint density at radius 3 is 2.24 bits per heavy atom. The second-order valence-electron chi connectivity index (χ2n) is 9.26. The zero-order valence-corrected chi connectivity index (χ0v) is 19.3. The SMILES string of the molecule is Cc1ccc(C(=O)N(C)C2CCCCC2)c(C2CCN(C(=O)c3c(F)cccc3F)CC2)n1. The van der Waals surface area contributed by atoms with Crippen molar-refractivity contribution in [3.05, 3.63) is 64.5 Å². The average Bonchev–Trinajstić information content (AvgIpc) is 2.83. The fourth-order valence-electron chi connectivity index (χ4n) is 5.11. The van der Waals surface area contributed by atoms with E-state index in [2.05, 4.69) is 0 Å². The van der Waals surface area contributed by atoms with E-state index in [1.807, 2.05) is 31.0 Å². The van der Waals surface area contributed by atoms with E-state index in [0.29, 0.717) is 31.5 Å².